The van der Waals surface area contributed by atoms with Gasteiger partial charge in [0.25, 0.3) is 0 Å². The van der Waals surface area contributed by atoms with Gasteiger partial charge in [0.2, 0.25) is 11.8 Å². The van der Waals surface area contributed by atoms with Crippen LogP contribution >= 0.6 is 0 Å². The van der Waals surface area contributed by atoms with E-state index in [1.807, 2.05) is 11.8 Å². The van der Waals surface area contributed by atoms with Crippen LogP contribution < -0.4 is 5.32 Å². The Morgan fingerprint density at radius 2 is 2.06 bits per heavy atom. The Hall–Kier alpha value is -1.06. The lowest BCUT2D eigenvalue weighted by Crippen LogP contribution is -2.71. The van der Waals surface area contributed by atoms with Crippen LogP contribution in [0.25, 0.3) is 0 Å². The predicted octanol–water partition coefficient (Wildman–Crippen LogP) is 1.69. The number of carbonyl (C=O) groups is 2. The van der Waals surface area contributed by atoms with E-state index in [-0.39, 0.29) is 23.9 Å². The van der Waals surface area contributed by atoms with Crippen molar-refractivity contribution < 1.29 is 9.59 Å². The smallest absolute Gasteiger partial charge is 0.246 e. The highest BCUT2D eigenvalue weighted by atomic mass is 16.2. The number of rotatable bonds is 4. The molecule has 1 saturated carbocycles. The molecule has 3 unspecified atom stereocenters. The Bertz CT molecular complexity index is 365. The quantitative estimate of drug-likeness (QED) is 0.827. The van der Waals surface area contributed by atoms with Gasteiger partial charge in [0, 0.05) is 6.04 Å². The van der Waals surface area contributed by atoms with Crippen molar-refractivity contribution in [3.63, 3.8) is 0 Å². The summed E-state index contributed by atoms with van der Waals surface area (Å²) in [6, 6.07) is -0.245. The Balaban J connectivity index is 2.33. The van der Waals surface area contributed by atoms with E-state index in [9.17, 15) is 9.59 Å². The van der Waals surface area contributed by atoms with E-state index in [2.05, 4.69) is 19.2 Å². The summed E-state index contributed by atoms with van der Waals surface area (Å²) in [6.07, 6.45) is 4.09. The largest absolute Gasteiger partial charge is 0.343 e. The molecule has 2 rings (SSSR count). The summed E-state index contributed by atoms with van der Waals surface area (Å²) in [5.74, 6) is 0.443. The van der Waals surface area contributed by atoms with Gasteiger partial charge in [0.1, 0.15) is 11.6 Å². The fourth-order valence-electron chi connectivity index (χ4n) is 3.20. The molecule has 4 heteroatoms. The number of nitrogens with one attached hydrogen (secondary N) is 1. The molecule has 0 aromatic rings. The Kier molecular flexibility index (Phi) is 3.39. The van der Waals surface area contributed by atoms with Crippen LogP contribution in [0.15, 0.2) is 0 Å². The lowest BCUT2D eigenvalue weighted by molar-refractivity contribution is -0.161. The standard InChI is InChI=1S/C14H24N2O2/c1-5-6-9(2)16-12(17)10(3)15-13(18)14(16,4)11-7-8-11/h9-11H,5-8H2,1-4H3,(H,15,18). The third kappa shape index (κ3) is 1.91. The zero-order chi connectivity index (χ0) is 13.5. The summed E-state index contributed by atoms with van der Waals surface area (Å²) < 4.78 is 0. The lowest BCUT2D eigenvalue weighted by Gasteiger charge is -2.49. The molecule has 3 atom stereocenters. The molecule has 1 aliphatic heterocycles. The van der Waals surface area contributed by atoms with Crippen molar-refractivity contribution in [2.45, 2.75) is 71.0 Å². The summed E-state index contributed by atoms with van der Waals surface area (Å²) in [7, 11) is 0. The molecule has 0 aromatic carbocycles. The maximum Gasteiger partial charge on any atom is 0.246 e. The maximum atomic E-state index is 12.4. The number of hydrogen-bond donors (Lipinski definition) is 1. The number of amides is 2. The van der Waals surface area contributed by atoms with Crippen molar-refractivity contribution in [2.24, 2.45) is 5.92 Å². The van der Waals surface area contributed by atoms with Gasteiger partial charge in [0.15, 0.2) is 0 Å². The molecule has 102 valence electrons. The van der Waals surface area contributed by atoms with E-state index in [0.717, 1.165) is 25.7 Å². The van der Waals surface area contributed by atoms with Crippen molar-refractivity contribution in [2.75, 3.05) is 0 Å². The first kappa shape index (κ1) is 13.4. The molecule has 2 aliphatic rings. The zero-order valence-electron chi connectivity index (χ0n) is 11.8. The topological polar surface area (TPSA) is 49.4 Å². The fourth-order valence-corrected chi connectivity index (χ4v) is 3.20. The Morgan fingerprint density at radius 3 is 2.56 bits per heavy atom. The van der Waals surface area contributed by atoms with Gasteiger partial charge in [-0.3, -0.25) is 9.59 Å². The monoisotopic (exact) mass is 252 g/mol. The summed E-state index contributed by atoms with van der Waals surface area (Å²) in [6.45, 7) is 7.89. The Morgan fingerprint density at radius 1 is 1.44 bits per heavy atom. The number of piperazine rings is 1. The van der Waals surface area contributed by atoms with E-state index >= 15 is 0 Å². The molecule has 1 N–H and O–H groups in total. The molecular formula is C14H24N2O2. The first-order valence-corrected chi connectivity index (χ1v) is 7.07. The van der Waals surface area contributed by atoms with Crippen molar-refractivity contribution in [3.8, 4) is 0 Å². The van der Waals surface area contributed by atoms with Crippen LogP contribution in [-0.4, -0.2) is 34.3 Å². The minimum atomic E-state index is -0.627. The molecule has 1 heterocycles. The van der Waals surface area contributed by atoms with Crippen LogP contribution in [0.5, 0.6) is 0 Å². The van der Waals surface area contributed by atoms with Crippen molar-refractivity contribution in [1.29, 1.82) is 0 Å². The van der Waals surface area contributed by atoms with E-state index in [1.54, 1.807) is 6.92 Å². The SMILES string of the molecule is CCCC(C)N1C(=O)C(C)NC(=O)C1(C)C1CC1. The summed E-state index contributed by atoms with van der Waals surface area (Å²) >= 11 is 0. The summed E-state index contributed by atoms with van der Waals surface area (Å²) in [5.41, 5.74) is -0.627. The van der Waals surface area contributed by atoms with Crippen LogP contribution in [0.4, 0.5) is 0 Å². The molecule has 0 spiro atoms. The molecule has 4 nitrogen and oxygen atoms in total. The normalized spacial score (nSPS) is 34.4. The second kappa shape index (κ2) is 4.56. The molecular weight excluding hydrogens is 228 g/mol. The lowest BCUT2D eigenvalue weighted by atomic mass is 9.86. The zero-order valence-corrected chi connectivity index (χ0v) is 11.8. The highest BCUT2D eigenvalue weighted by Crippen LogP contribution is 2.45. The number of hydrogen-bond acceptors (Lipinski definition) is 2. The summed E-state index contributed by atoms with van der Waals surface area (Å²) in [4.78, 5) is 26.7. The molecule has 2 fully saturated rings. The van der Waals surface area contributed by atoms with Crippen LogP contribution in [0.1, 0.15) is 53.4 Å². The minimum absolute atomic E-state index is 0.0278. The highest BCUT2D eigenvalue weighted by molar-refractivity contribution is 6.00. The van der Waals surface area contributed by atoms with E-state index in [0.29, 0.717) is 5.92 Å². The average Bonchev–Trinajstić information content (AvgIpc) is 3.11. The average molecular weight is 252 g/mol. The van der Waals surface area contributed by atoms with Crippen molar-refractivity contribution >= 4 is 11.8 Å². The molecule has 1 aliphatic carbocycles. The first-order chi connectivity index (χ1) is 8.42. The third-order valence-corrected chi connectivity index (χ3v) is 4.44. The van der Waals surface area contributed by atoms with Crippen LogP contribution in [0.3, 0.4) is 0 Å². The van der Waals surface area contributed by atoms with Gasteiger partial charge in [0.05, 0.1) is 0 Å². The van der Waals surface area contributed by atoms with Crippen molar-refractivity contribution in [1.82, 2.24) is 10.2 Å². The number of carbonyl (C=O) groups excluding carboxylic acids is 2. The van der Waals surface area contributed by atoms with Gasteiger partial charge >= 0.3 is 0 Å². The molecule has 0 radical (unpaired) electrons. The fraction of sp³-hybridized carbons (Fsp3) is 0.857. The van der Waals surface area contributed by atoms with E-state index in [4.69, 9.17) is 0 Å². The minimum Gasteiger partial charge on any atom is -0.343 e. The van der Waals surface area contributed by atoms with Gasteiger partial charge in [-0.25, -0.2) is 0 Å². The van der Waals surface area contributed by atoms with Gasteiger partial charge in [-0.2, -0.15) is 0 Å². The van der Waals surface area contributed by atoms with Crippen LogP contribution in [0, 0.1) is 5.92 Å². The van der Waals surface area contributed by atoms with Crippen molar-refractivity contribution in [3.05, 3.63) is 0 Å². The molecule has 0 bridgehead atoms. The van der Waals surface area contributed by atoms with Crippen LogP contribution in [-0.2, 0) is 9.59 Å². The first-order valence-electron chi connectivity index (χ1n) is 7.07. The molecule has 1 saturated heterocycles. The van der Waals surface area contributed by atoms with E-state index < -0.39 is 5.54 Å². The van der Waals surface area contributed by atoms with E-state index in [1.165, 1.54) is 0 Å². The van der Waals surface area contributed by atoms with Crippen LogP contribution in [0.2, 0.25) is 0 Å². The summed E-state index contributed by atoms with van der Waals surface area (Å²) in [5, 5.41) is 2.84. The van der Waals surface area contributed by atoms with Gasteiger partial charge in [-0.1, -0.05) is 13.3 Å². The molecule has 2 amide bonds. The molecule has 18 heavy (non-hydrogen) atoms. The second-order valence-corrected chi connectivity index (χ2v) is 5.96. The van der Waals surface area contributed by atoms with Gasteiger partial charge < -0.3 is 10.2 Å². The molecule has 0 aromatic heterocycles. The third-order valence-electron chi connectivity index (χ3n) is 4.44. The van der Waals surface area contributed by atoms with Gasteiger partial charge in [-0.05, 0) is 46.0 Å². The maximum absolute atomic E-state index is 12.4. The number of nitrogens with zero attached hydrogens (tertiary/aromatic N) is 1. The second-order valence-electron chi connectivity index (χ2n) is 5.96. The van der Waals surface area contributed by atoms with Gasteiger partial charge in [-0.15, -0.1) is 0 Å². The highest BCUT2D eigenvalue weighted by Gasteiger charge is 2.57. The predicted molar refractivity (Wildman–Crippen MR) is 69.9 cm³/mol. The Labute approximate surface area is 109 Å².